The van der Waals surface area contributed by atoms with Crippen molar-refractivity contribution in [3.05, 3.63) is 35.4 Å². The number of rotatable bonds is 3. The van der Waals surface area contributed by atoms with Crippen molar-refractivity contribution in [1.29, 1.82) is 0 Å². The number of benzene rings is 1. The lowest BCUT2D eigenvalue weighted by atomic mass is 10.1. The topological polar surface area (TPSA) is 44.7 Å². The molecule has 4 heteroatoms. The molecule has 1 saturated heterocycles. The Morgan fingerprint density at radius 2 is 1.80 bits per heavy atom. The van der Waals surface area contributed by atoms with Crippen LogP contribution in [0.2, 0.25) is 0 Å². The van der Waals surface area contributed by atoms with E-state index >= 15 is 0 Å². The molecule has 1 fully saturated rings. The molecule has 1 aromatic rings. The molecular formula is C16H23N3O. The zero-order valence-electron chi connectivity index (χ0n) is 12.5. The third-order valence-electron chi connectivity index (χ3n) is 3.73. The smallest absolute Gasteiger partial charge is 0.271 e. The summed E-state index contributed by atoms with van der Waals surface area (Å²) >= 11 is 0. The van der Waals surface area contributed by atoms with Crippen LogP contribution in [0.5, 0.6) is 0 Å². The summed E-state index contributed by atoms with van der Waals surface area (Å²) < 4.78 is 0. The Labute approximate surface area is 120 Å². The number of hydrazone groups is 1. The van der Waals surface area contributed by atoms with Crippen LogP contribution < -0.4 is 5.43 Å². The maximum absolute atomic E-state index is 11.9. The lowest BCUT2D eigenvalue weighted by Crippen LogP contribution is -2.39. The van der Waals surface area contributed by atoms with Crippen LogP contribution in [0.3, 0.4) is 0 Å². The number of carbonyl (C=O) groups is 1. The highest BCUT2D eigenvalue weighted by atomic mass is 16.2. The minimum absolute atomic E-state index is 0.135. The zero-order chi connectivity index (χ0) is 14.5. The van der Waals surface area contributed by atoms with Crippen molar-refractivity contribution in [2.24, 2.45) is 5.10 Å². The van der Waals surface area contributed by atoms with Crippen LogP contribution >= 0.6 is 0 Å². The third kappa shape index (κ3) is 3.90. The van der Waals surface area contributed by atoms with Gasteiger partial charge in [-0.1, -0.05) is 17.7 Å². The first-order chi connectivity index (χ1) is 9.56. The van der Waals surface area contributed by atoms with E-state index in [4.69, 9.17) is 0 Å². The van der Waals surface area contributed by atoms with Gasteiger partial charge in [0.2, 0.25) is 0 Å². The molecule has 4 nitrogen and oxygen atoms in total. The summed E-state index contributed by atoms with van der Waals surface area (Å²) in [5.74, 6) is -0.135. The Balaban J connectivity index is 1.87. The second kappa shape index (κ2) is 6.66. The highest BCUT2D eigenvalue weighted by molar-refractivity contribution is 5.95. The fraction of sp³-hybridized carbons (Fsp3) is 0.500. The number of hydrogen-bond acceptors (Lipinski definition) is 3. The van der Waals surface area contributed by atoms with Crippen molar-refractivity contribution in [3.63, 3.8) is 0 Å². The van der Waals surface area contributed by atoms with Crippen LogP contribution in [-0.2, 0) is 0 Å². The van der Waals surface area contributed by atoms with Gasteiger partial charge in [-0.25, -0.2) is 5.43 Å². The average Bonchev–Trinajstić information content (AvgIpc) is 2.46. The van der Waals surface area contributed by atoms with Gasteiger partial charge < -0.3 is 4.90 Å². The molecule has 1 aliphatic heterocycles. The van der Waals surface area contributed by atoms with Gasteiger partial charge in [-0.15, -0.1) is 0 Å². The molecule has 0 aliphatic carbocycles. The van der Waals surface area contributed by atoms with Gasteiger partial charge in [0.1, 0.15) is 0 Å². The Hall–Kier alpha value is -1.68. The van der Waals surface area contributed by atoms with Gasteiger partial charge in [-0.3, -0.25) is 4.79 Å². The maximum atomic E-state index is 11.9. The Morgan fingerprint density at radius 1 is 1.20 bits per heavy atom. The van der Waals surface area contributed by atoms with E-state index in [0.29, 0.717) is 11.6 Å². The van der Waals surface area contributed by atoms with E-state index in [0.717, 1.165) is 37.2 Å². The standard InChI is InChI=1S/C16H23N3O/c1-12(2)19-10-8-15(9-11-19)17-18-16(20)14-6-4-13(3)5-7-14/h4-7,12H,8-11H2,1-3H3,(H,18,20). The summed E-state index contributed by atoms with van der Waals surface area (Å²) in [7, 11) is 0. The molecule has 1 amide bonds. The average molecular weight is 273 g/mol. The van der Waals surface area contributed by atoms with Crippen molar-refractivity contribution in [3.8, 4) is 0 Å². The van der Waals surface area contributed by atoms with Gasteiger partial charge in [-0.2, -0.15) is 5.10 Å². The SMILES string of the molecule is Cc1ccc(C(=O)NN=C2CCN(C(C)C)CC2)cc1. The monoisotopic (exact) mass is 273 g/mol. The lowest BCUT2D eigenvalue weighted by Gasteiger charge is -2.30. The van der Waals surface area contributed by atoms with Gasteiger partial charge in [0.15, 0.2) is 0 Å². The van der Waals surface area contributed by atoms with E-state index in [9.17, 15) is 4.79 Å². The number of nitrogens with zero attached hydrogens (tertiary/aromatic N) is 2. The van der Waals surface area contributed by atoms with Gasteiger partial charge >= 0.3 is 0 Å². The first-order valence-corrected chi connectivity index (χ1v) is 7.23. The highest BCUT2D eigenvalue weighted by Gasteiger charge is 2.17. The van der Waals surface area contributed by atoms with Gasteiger partial charge in [0.25, 0.3) is 5.91 Å². The molecule has 0 saturated carbocycles. The number of amides is 1. The Kier molecular flexibility index (Phi) is 4.90. The summed E-state index contributed by atoms with van der Waals surface area (Å²) in [4.78, 5) is 14.4. The maximum Gasteiger partial charge on any atom is 0.271 e. The summed E-state index contributed by atoms with van der Waals surface area (Å²) in [5, 5.41) is 4.27. The quantitative estimate of drug-likeness (QED) is 0.860. The fourth-order valence-electron chi connectivity index (χ4n) is 2.31. The number of piperidine rings is 1. The largest absolute Gasteiger partial charge is 0.300 e. The number of nitrogens with one attached hydrogen (secondary N) is 1. The highest BCUT2D eigenvalue weighted by Crippen LogP contribution is 2.10. The summed E-state index contributed by atoms with van der Waals surface area (Å²) in [6.07, 6.45) is 1.87. The molecule has 108 valence electrons. The molecule has 1 heterocycles. The van der Waals surface area contributed by atoms with Crippen LogP contribution in [0, 0.1) is 6.92 Å². The lowest BCUT2D eigenvalue weighted by molar-refractivity contribution is 0.0954. The molecule has 2 rings (SSSR count). The Morgan fingerprint density at radius 3 is 2.35 bits per heavy atom. The molecule has 0 bridgehead atoms. The van der Waals surface area contributed by atoms with Crippen molar-refractivity contribution in [2.75, 3.05) is 13.1 Å². The second-order valence-electron chi connectivity index (χ2n) is 5.61. The zero-order valence-corrected chi connectivity index (χ0v) is 12.5. The predicted molar refractivity (Wildman–Crippen MR) is 82.0 cm³/mol. The van der Waals surface area contributed by atoms with E-state index in [2.05, 4.69) is 29.3 Å². The number of likely N-dealkylation sites (tertiary alicyclic amines) is 1. The van der Waals surface area contributed by atoms with Gasteiger partial charge in [0.05, 0.1) is 0 Å². The van der Waals surface area contributed by atoms with Crippen molar-refractivity contribution in [1.82, 2.24) is 10.3 Å². The predicted octanol–water partition coefficient (Wildman–Crippen LogP) is 2.59. The molecule has 1 aromatic carbocycles. The molecule has 1 N–H and O–H groups in total. The van der Waals surface area contributed by atoms with Crippen LogP contribution in [0.1, 0.15) is 42.6 Å². The Bertz CT molecular complexity index is 481. The normalized spacial score (nSPS) is 16.3. The molecule has 0 spiro atoms. The fourth-order valence-corrected chi connectivity index (χ4v) is 2.31. The van der Waals surface area contributed by atoms with E-state index in [-0.39, 0.29) is 5.91 Å². The number of aryl methyl sites for hydroxylation is 1. The molecule has 20 heavy (non-hydrogen) atoms. The first-order valence-electron chi connectivity index (χ1n) is 7.23. The minimum Gasteiger partial charge on any atom is -0.300 e. The van der Waals surface area contributed by atoms with Gasteiger partial charge in [0, 0.05) is 43.2 Å². The molecule has 0 unspecified atom stereocenters. The number of carbonyl (C=O) groups excluding carboxylic acids is 1. The second-order valence-corrected chi connectivity index (χ2v) is 5.61. The summed E-state index contributed by atoms with van der Waals surface area (Å²) in [6, 6.07) is 8.10. The third-order valence-corrected chi connectivity index (χ3v) is 3.73. The van der Waals surface area contributed by atoms with Crippen LogP contribution in [0.15, 0.2) is 29.4 Å². The van der Waals surface area contributed by atoms with E-state index in [1.807, 2.05) is 31.2 Å². The number of hydrogen-bond donors (Lipinski definition) is 1. The minimum atomic E-state index is -0.135. The molecule has 1 aliphatic rings. The van der Waals surface area contributed by atoms with Crippen LogP contribution in [0.4, 0.5) is 0 Å². The van der Waals surface area contributed by atoms with Crippen molar-refractivity contribution >= 4 is 11.6 Å². The van der Waals surface area contributed by atoms with E-state index in [1.165, 1.54) is 0 Å². The molecular weight excluding hydrogens is 250 g/mol. The van der Waals surface area contributed by atoms with Crippen LogP contribution in [-0.4, -0.2) is 35.7 Å². The molecule has 0 atom stereocenters. The molecule has 0 radical (unpaired) electrons. The van der Waals surface area contributed by atoms with E-state index in [1.54, 1.807) is 0 Å². The van der Waals surface area contributed by atoms with E-state index < -0.39 is 0 Å². The van der Waals surface area contributed by atoms with Crippen molar-refractivity contribution < 1.29 is 4.79 Å². The summed E-state index contributed by atoms with van der Waals surface area (Å²) in [6.45, 7) is 8.47. The van der Waals surface area contributed by atoms with Crippen LogP contribution in [0.25, 0.3) is 0 Å². The van der Waals surface area contributed by atoms with Crippen molar-refractivity contribution in [2.45, 2.75) is 39.7 Å². The van der Waals surface area contributed by atoms with Gasteiger partial charge in [-0.05, 0) is 32.9 Å². The molecule has 0 aromatic heterocycles. The summed E-state index contributed by atoms with van der Waals surface area (Å²) in [5.41, 5.74) is 5.55. The first kappa shape index (κ1) is 14.7.